The number of nitrogens with two attached hydrogens (primary N) is 1. The molecule has 2 aromatic carbocycles. The van der Waals surface area contributed by atoms with E-state index in [1.165, 1.54) is 37.3 Å². The SMILES string of the molecule is Cc1cc(N(O)C(=O)C(C)COc2ccc(C(N)=O)cc2)ccc1[N+](=O)[O-]. The van der Waals surface area contributed by atoms with Crippen LogP contribution in [0.15, 0.2) is 42.5 Å². The van der Waals surface area contributed by atoms with Gasteiger partial charge in [0.15, 0.2) is 0 Å². The van der Waals surface area contributed by atoms with Gasteiger partial charge in [-0.2, -0.15) is 5.06 Å². The largest absolute Gasteiger partial charge is 0.493 e. The average molecular weight is 373 g/mol. The molecule has 1 unspecified atom stereocenters. The van der Waals surface area contributed by atoms with Crippen molar-refractivity contribution < 1.29 is 24.5 Å². The molecule has 0 aromatic heterocycles. The van der Waals surface area contributed by atoms with Gasteiger partial charge in [-0.15, -0.1) is 0 Å². The Kier molecular flexibility index (Phi) is 6.09. The Morgan fingerprint density at radius 3 is 2.41 bits per heavy atom. The maximum absolute atomic E-state index is 12.3. The van der Waals surface area contributed by atoms with Crippen molar-refractivity contribution in [3.05, 3.63) is 63.7 Å². The fraction of sp³-hybridized carbons (Fsp3) is 0.222. The molecule has 3 N–H and O–H groups in total. The number of hydrogen-bond acceptors (Lipinski definition) is 6. The van der Waals surface area contributed by atoms with E-state index in [9.17, 15) is 24.9 Å². The fourth-order valence-electron chi connectivity index (χ4n) is 2.32. The van der Waals surface area contributed by atoms with Crippen molar-refractivity contribution in [3.8, 4) is 5.75 Å². The van der Waals surface area contributed by atoms with Crippen molar-refractivity contribution in [2.45, 2.75) is 13.8 Å². The summed E-state index contributed by atoms with van der Waals surface area (Å²) in [6.07, 6.45) is 0. The Hall–Kier alpha value is -3.46. The Morgan fingerprint density at radius 2 is 1.89 bits per heavy atom. The van der Waals surface area contributed by atoms with E-state index in [4.69, 9.17) is 10.5 Å². The molecule has 0 radical (unpaired) electrons. The minimum Gasteiger partial charge on any atom is -0.493 e. The molecule has 0 spiro atoms. The number of anilines is 1. The van der Waals surface area contributed by atoms with E-state index < -0.39 is 22.7 Å². The van der Waals surface area contributed by atoms with Crippen molar-refractivity contribution in [1.82, 2.24) is 0 Å². The zero-order chi connectivity index (χ0) is 20.1. The number of ether oxygens (including phenoxy) is 1. The molecule has 0 saturated carbocycles. The van der Waals surface area contributed by atoms with Crippen LogP contribution in [-0.4, -0.2) is 28.6 Å². The van der Waals surface area contributed by atoms with Gasteiger partial charge in [0.2, 0.25) is 5.91 Å². The predicted octanol–water partition coefficient (Wildman–Crippen LogP) is 2.44. The first-order valence-corrected chi connectivity index (χ1v) is 8.01. The number of nitro benzene ring substituents is 1. The minimum atomic E-state index is -0.693. The summed E-state index contributed by atoms with van der Waals surface area (Å²) in [6.45, 7) is 3.07. The summed E-state index contributed by atoms with van der Waals surface area (Å²) < 4.78 is 5.48. The summed E-state index contributed by atoms with van der Waals surface area (Å²) in [4.78, 5) is 33.7. The first-order valence-electron chi connectivity index (χ1n) is 8.01. The highest BCUT2D eigenvalue weighted by molar-refractivity contribution is 5.93. The maximum Gasteiger partial charge on any atom is 0.272 e. The third kappa shape index (κ3) is 4.79. The van der Waals surface area contributed by atoms with E-state index in [-0.39, 0.29) is 18.0 Å². The van der Waals surface area contributed by atoms with Crippen LogP contribution in [0.2, 0.25) is 0 Å². The molecule has 0 aliphatic rings. The molecule has 0 saturated heterocycles. The molecule has 0 fully saturated rings. The van der Waals surface area contributed by atoms with Gasteiger partial charge in [0.05, 0.1) is 23.1 Å². The number of benzene rings is 2. The number of rotatable bonds is 7. The van der Waals surface area contributed by atoms with Gasteiger partial charge in [-0.3, -0.25) is 24.9 Å². The lowest BCUT2D eigenvalue weighted by molar-refractivity contribution is -0.385. The number of carbonyl (C=O) groups is 2. The molecule has 0 aliphatic heterocycles. The average Bonchev–Trinajstić information content (AvgIpc) is 2.64. The predicted molar refractivity (Wildman–Crippen MR) is 96.7 cm³/mol. The Balaban J connectivity index is 2.00. The second kappa shape index (κ2) is 8.28. The van der Waals surface area contributed by atoms with Gasteiger partial charge in [-0.1, -0.05) is 6.92 Å². The van der Waals surface area contributed by atoms with E-state index in [1.807, 2.05) is 0 Å². The van der Waals surface area contributed by atoms with Gasteiger partial charge in [-0.25, -0.2) is 0 Å². The Labute approximate surface area is 155 Å². The molecule has 9 nitrogen and oxygen atoms in total. The van der Waals surface area contributed by atoms with Crippen LogP contribution in [0.3, 0.4) is 0 Å². The van der Waals surface area contributed by atoms with Crippen LogP contribution in [0.4, 0.5) is 11.4 Å². The summed E-state index contributed by atoms with van der Waals surface area (Å²) in [5.74, 6) is -1.44. The Morgan fingerprint density at radius 1 is 1.26 bits per heavy atom. The highest BCUT2D eigenvalue weighted by Gasteiger charge is 2.23. The van der Waals surface area contributed by atoms with E-state index in [1.54, 1.807) is 19.1 Å². The molecule has 2 aromatic rings. The van der Waals surface area contributed by atoms with Gasteiger partial charge in [0.25, 0.3) is 11.6 Å². The second-order valence-electron chi connectivity index (χ2n) is 5.98. The molecule has 2 amide bonds. The van der Waals surface area contributed by atoms with Gasteiger partial charge in [-0.05, 0) is 43.3 Å². The number of amides is 2. The number of hydroxylamine groups is 1. The molecule has 142 valence electrons. The van der Waals surface area contributed by atoms with Crippen LogP contribution in [0.1, 0.15) is 22.8 Å². The zero-order valence-corrected chi connectivity index (χ0v) is 14.8. The van der Waals surface area contributed by atoms with Crippen molar-refractivity contribution in [3.63, 3.8) is 0 Å². The van der Waals surface area contributed by atoms with Crippen molar-refractivity contribution >= 4 is 23.2 Å². The molecule has 0 bridgehead atoms. The van der Waals surface area contributed by atoms with Gasteiger partial charge < -0.3 is 10.5 Å². The van der Waals surface area contributed by atoms with E-state index in [0.29, 0.717) is 21.9 Å². The van der Waals surface area contributed by atoms with Crippen LogP contribution in [0.5, 0.6) is 5.75 Å². The normalized spacial score (nSPS) is 11.5. The van der Waals surface area contributed by atoms with Crippen molar-refractivity contribution in [1.29, 1.82) is 0 Å². The minimum absolute atomic E-state index is 0.0161. The third-order valence-electron chi connectivity index (χ3n) is 3.89. The first-order chi connectivity index (χ1) is 12.7. The van der Waals surface area contributed by atoms with Gasteiger partial charge in [0.1, 0.15) is 5.75 Å². The lowest BCUT2D eigenvalue weighted by atomic mass is 10.1. The van der Waals surface area contributed by atoms with Crippen LogP contribution in [-0.2, 0) is 4.79 Å². The standard InChI is InChI=1S/C18H19N3O6/c1-11-9-14(5-8-16(11)21(25)26)20(24)18(23)12(2)10-27-15-6-3-13(4-7-15)17(19)22/h3-9,12,24H,10H2,1-2H3,(H2,19,22). The van der Waals surface area contributed by atoms with Crippen LogP contribution < -0.4 is 15.5 Å². The number of nitro groups is 1. The number of carbonyl (C=O) groups excluding carboxylic acids is 2. The molecule has 9 heteroatoms. The number of primary amides is 1. The third-order valence-corrected chi connectivity index (χ3v) is 3.89. The zero-order valence-electron chi connectivity index (χ0n) is 14.8. The van der Waals surface area contributed by atoms with Gasteiger partial charge >= 0.3 is 0 Å². The molecular formula is C18H19N3O6. The number of hydrogen-bond donors (Lipinski definition) is 2. The van der Waals surface area contributed by atoms with E-state index >= 15 is 0 Å². The monoisotopic (exact) mass is 373 g/mol. The summed E-state index contributed by atoms with van der Waals surface area (Å²) in [7, 11) is 0. The summed E-state index contributed by atoms with van der Waals surface area (Å²) in [6, 6.07) is 9.97. The molecule has 0 heterocycles. The topological polar surface area (TPSA) is 136 Å². The summed E-state index contributed by atoms with van der Waals surface area (Å²) >= 11 is 0. The molecule has 2 rings (SSSR count). The number of aryl methyl sites for hydroxylation is 1. The smallest absolute Gasteiger partial charge is 0.272 e. The molecule has 0 aliphatic carbocycles. The highest BCUT2D eigenvalue weighted by Crippen LogP contribution is 2.24. The van der Waals surface area contributed by atoms with Crippen LogP contribution in [0, 0.1) is 23.0 Å². The lowest BCUT2D eigenvalue weighted by Crippen LogP contribution is -2.34. The molecule has 27 heavy (non-hydrogen) atoms. The first kappa shape index (κ1) is 19.9. The van der Waals surface area contributed by atoms with Gasteiger partial charge in [0, 0.05) is 17.2 Å². The van der Waals surface area contributed by atoms with Crippen molar-refractivity contribution in [2.24, 2.45) is 11.7 Å². The highest BCUT2D eigenvalue weighted by atomic mass is 16.6. The van der Waals surface area contributed by atoms with Crippen molar-refractivity contribution in [2.75, 3.05) is 11.7 Å². The van der Waals surface area contributed by atoms with E-state index in [2.05, 4.69) is 0 Å². The van der Waals surface area contributed by atoms with Crippen LogP contribution in [0.25, 0.3) is 0 Å². The second-order valence-corrected chi connectivity index (χ2v) is 5.98. The summed E-state index contributed by atoms with van der Waals surface area (Å²) in [5, 5.41) is 21.4. The summed E-state index contributed by atoms with van der Waals surface area (Å²) in [5.41, 5.74) is 5.84. The van der Waals surface area contributed by atoms with E-state index in [0.717, 1.165) is 0 Å². The van der Waals surface area contributed by atoms with Crippen LogP contribution >= 0.6 is 0 Å². The number of nitrogens with zero attached hydrogens (tertiary/aromatic N) is 2. The fourth-order valence-corrected chi connectivity index (χ4v) is 2.32. The quantitative estimate of drug-likeness (QED) is 0.434. The Bertz CT molecular complexity index is 866. The molecular weight excluding hydrogens is 354 g/mol. The lowest BCUT2D eigenvalue weighted by Gasteiger charge is -2.20. The maximum atomic E-state index is 12.3. The molecule has 1 atom stereocenters.